The lowest BCUT2D eigenvalue weighted by atomic mass is 9.85. The molecule has 0 saturated carbocycles. The average molecular weight is 264 g/mol. The number of hydrogen-bond donors (Lipinski definition) is 2. The summed E-state index contributed by atoms with van der Waals surface area (Å²) in [4.78, 5) is 11.9. The zero-order valence-corrected chi connectivity index (χ0v) is 12.2. The SMILES string of the molecule is CCOc1ccc(NC(=O)CC(N)C(C)(C)C)cc1. The van der Waals surface area contributed by atoms with E-state index in [1.54, 1.807) is 0 Å². The lowest BCUT2D eigenvalue weighted by molar-refractivity contribution is -0.117. The van der Waals surface area contributed by atoms with Crippen molar-refractivity contribution in [2.45, 2.75) is 40.2 Å². The Morgan fingerprint density at radius 3 is 2.37 bits per heavy atom. The topological polar surface area (TPSA) is 64.3 Å². The number of carbonyl (C=O) groups is 1. The van der Waals surface area contributed by atoms with Gasteiger partial charge >= 0.3 is 0 Å². The molecule has 1 amide bonds. The van der Waals surface area contributed by atoms with Crippen LogP contribution in [0.25, 0.3) is 0 Å². The van der Waals surface area contributed by atoms with Gasteiger partial charge < -0.3 is 15.8 Å². The summed E-state index contributed by atoms with van der Waals surface area (Å²) in [6, 6.07) is 7.16. The molecule has 1 unspecified atom stereocenters. The zero-order chi connectivity index (χ0) is 14.5. The van der Waals surface area contributed by atoms with Crippen LogP contribution in [0.1, 0.15) is 34.1 Å². The molecule has 1 aromatic carbocycles. The van der Waals surface area contributed by atoms with E-state index in [4.69, 9.17) is 10.5 Å². The highest BCUT2D eigenvalue weighted by Gasteiger charge is 2.23. The van der Waals surface area contributed by atoms with Crippen molar-refractivity contribution in [3.8, 4) is 5.75 Å². The Morgan fingerprint density at radius 1 is 1.32 bits per heavy atom. The third-order valence-corrected chi connectivity index (χ3v) is 2.97. The highest BCUT2D eigenvalue weighted by Crippen LogP contribution is 2.21. The molecule has 0 bridgehead atoms. The van der Waals surface area contributed by atoms with Gasteiger partial charge in [-0.2, -0.15) is 0 Å². The van der Waals surface area contributed by atoms with E-state index >= 15 is 0 Å². The third-order valence-electron chi connectivity index (χ3n) is 2.97. The van der Waals surface area contributed by atoms with Crippen LogP contribution in [0.4, 0.5) is 5.69 Å². The Labute approximate surface area is 115 Å². The fraction of sp³-hybridized carbons (Fsp3) is 0.533. The molecule has 1 rings (SSSR count). The number of ether oxygens (including phenoxy) is 1. The van der Waals surface area contributed by atoms with Crippen molar-refractivity contribution in [2.75, 3.05) is 11.9 Å². The summed E-state index contributed by atoms with van der Waals surface area (Å²) in [5.41, 5.74) is 6.67. The molecule has 3 N–H and O–H groups in total. The molecular weight excluding hydrogens is 240 g/mol. The van der Waals surface area contributed by atoms with E-state index in [1.165, 1.54) is 0 Å². The lowest BCUT2D eigenvalue weighted by Crippen LogP contribution is -2.38. The molecule has 0 fully saturated rings. The van der Waals surface area contributed by atoms with E-state index in [-0.39, 0.29) is 17.4 Å². The van der Waals surface area contributed by atoms with Crippen LogP contribution in [0.2, 0.25) is 0 Å². The molecule has 4 nitrogen and oxygen atoms in total. The van der Waals surface area contributed by atoms with Crippen LogP contribution in [-0.4, -0.2) is 18.6 Å². The highest BCUT2D eigenvalue weighted by molar-refractivity contribution is 5.91. The summed E-state index contributed by atoms with van der Waals surface area (Å²) < 4.78 is 5.34. The number of benzene rings is 1. The van der Waals surface area contributed by atoms with E-state index in [0.717, 1.165) is 11.4 Å². The van der Waals surface area contributed by atoms with Gasteiger partial charge in [-0.25, -0.2) is 0 Å². The molecule has 19 heavy (non-hydrogen) atoms. The highest BCUT2D eigenvalue weighted by atomic mass is 16.5. The van der Waals surface area contributed by atoms with Gasteiger partial charge in [0, 0.05) is 18.2 Å². The molecule has 0 aliphatic heterocycles. The first-order valence-electron chi connectivity index (χ1n) is 6.61. The molecule has 106 valence electrons. The lowest BCUT2D eigenvalue weighted by Gasteiger charge is -2.26. The fourth-order valence-corrected chi connectivity index (χ4v) is 1.52. The smallest absolute Gasteiger partial charge is 0.225 e. The summed E-state index contributed by atoms with van der Waals surface area (Å²) in [6.07, 6.45) is 0.316. The van der Waals surface area contributed by atoms with Gasteiger partial charge in [-0.05, 0) is 36.6 Å². The summed E-state index contributed by atoms with van der Waals surface area (Å²) in [6.45, 7) is 8.65. The molecule has 0 spiro atoms. The molecular formula is C15H24N2O2. The number of carbonyl (C=O) groups excluding carboxylic acids is 1. The second-order valence-corrected chi connectivity index (χ2v) is 5.68. The van der Waals surface area contributed by atoms with Gasteiger partial charge in [0.15, 0.2) is 0 Å². The predicted octanol–water partition coefficient (Wildman–Crippen LogP) is 2.79. The van der Waals surface area contributed by atoms with Crippen molar-refractivity contribution in [3.63, 3.8) is 0 Å². The van der Waals surface area contributed by atoms with Gasteiger partial charge in [0.2, 0.25) is 5.91 Å². The summed E-state index contributed by atoms with van der Waals surface area (Å²) in [5, 5.41) is 2.84. The van der Waals surface area contributed by atoms with Crippen LogP contribution in [0.15, 0.2) is 24.3 Å². The van der Waals surface area contributed by atoms with Gasteiger partial charge in [0.1, 0.15) is 5.75 Å². The van der Waals surface area contributed by atoms with Crippen LogP contribution in [0, 0.1) is 5.41 Å². The Hall–Kier alpha value is -1.55. The van der Waals surface area contributed by atoms with Gasteiger partial charge in [0.05, 0.1) is 6.61 Å². The van der Waals surface area contributed by atoms with E-state index < -0.39 is 0 Å². The molecule has 1 aromatic rings. The number of nitrogens with one attached hydrogen (secondary N) is 1. The molecule has 0 radical (unpaired) electrons. The second kappa shape index (κ2) is 6.57. The largest absolute Gasteiger partial charge is 0.494 e. The van der Waals surface area contributed by atoms with Crippen molar-refractivity contribution in [1.29, 1.82) is 0 Å². The minimum atomic E-state index is -0.157. The Bertz CT molecular complexity index is 407. The normalized spacial score (nSPS) is 12.9. The van der Waals surface area contributed by atoms with E-state index in [2.05, 4.69) is 5.32 Å². The van der Waals surface area contributed by atoms with Crippen molar-refractivity contribution in [2.24, 2.45) is 11.1 Å². The molecule has 0 aliphatic carbocycles. The fourth-order valence-electron chi connectivity index (χ4n) is 1.52. The number of anilines is 1. The van der Waals surface area contributed by atoms with Gasteiger partial charge in [-0.3, -0.25) is 4.79 Å². The number of nitrogens with two attached hydrogens (primary N) is 1. The Morgan fingerprint density at radius 2 is 1.89 bits per heavy atom. The number of rotatable bonds is 5. The maximum atomic E-state index is 11.9. The quantitative estimate of drug-likeness (QED) is 0.859. The van der Waals surface area contributed by atoms with E-state index in [9.17, 15) is 4.79 Å². The van der Waals surface area contributed by atoms with Crippen LogP contribution in [-0.2, 0) is 4.79 Å². The molecule has 0 aromatic heterocycles. The van der Waals surface area contributed by atoms with Crippen LogP contribution >= 0.6 is 0 Å². The van der Waals surface area contributed by atoms with Gasteiger partial charge in [-0.1, -0.05) is 20.8 Å². The minimum Gasteiger partial charge on any atom is -0.494 e. The molecule has 0 saturated heterocycles. The van der Waals surface area contributed by atoms with Gasteiger partial charge in [-0.15, -0.1) is 0 Å². The Kier molecular flexibility index (Phi) is 5.36. The number of amides is 1. The summed E-state index contributed by atoms with van der Waals surface area (Å²) >= 11 is 0. The maximum Gasteiger partial charge on any atom is 0.225 e. The second-order valence-electron chi connectivity index (χ2n) is 5.68. The van der Waals surface area contributed by atoms with Crippen molar-refractivity contribution >= 4 is 11.6 Å². The van der Waals surface area contributed by atoms with Gasteiger partial charge in [0.25, 0.3) is 0 Å². The van der Waals surface area contributed by atoms with E-state index in [0.29, 0.717) is 13.0 Å². The standard InChI is InChI=1S/C15H24N2O2/c1-5-19-12-8-6-11(7-9-12)17-14(18)10-13(16)15(2,3)4/h6-9,13H,5,10,16H2,1-4H3,(H,17,18). The monoisotopic (exact) mass is 264 g/mol. The molecule has 0 aliphatic rings. The van der Waals surface area contributed by atoms with Crippen LogP contribution < -0.4 is 15.8 Å². The third kappa shape index (κ3) is 5.30. The molecule has 0 heterocycles. The summed E-state index contributed by atoms with van der Waals surface area (Å²) in [7, 11) is 0. The first-order valence-corrected chi connectivity index (χ1v) is 6.61. The minimum absolute atomic E-state index is 0.0633. The zero-order valence-electron chi connectivity index (χ0n) is 12.2. The Balaban J connectivity index is 2.53. The molecule has 4 heteroatoms. The van der Waals surface area contributed by atoms with Crippen LogP contribution in [0.5, 0.6) is 5.75 Å². The average Bonchev–Trinajstić information content (AvgIpc) is 2.30. The summed E-state index contributed by atoms with van der Waals surface area (Å²) in [5.74, 6) is 0.735. The van der Waals surface area contributed by atoms with Crippen molar-refractivity contribution < 1.29 is 9.53 Å². The van der Waals surface area contributed by atoms with Crippen molar-refractivity contribution in [1.82, 2.24) is 0 Å². The number of hydrogen-bond acceptors (Lipinski definition) is 3. The maximum absolute atomic E-state index is 11.9. The van der Waals surface area contributed by atoms with Crippen LogP contribution in [0.3, 0.4) is 0 Å². The predicted molar refractivity (Wildman–Crippen MR) is 78.3 cm³/mol. The van der Waals surface area contributed by atoms with E-state index in [1.807, 2.05) is 52.0 Å². The first-order chi connectivity index (χ1) is 8.82. The molecule has 1 atom stereocenters. The van der Waals surface area contributed by atoms with Crippen molar-refractivity contribution in [3.05, 3.63) is 24.3 Å². The first kappa shape index (κ1) is 15.5.